The van der Waals surface area contributed by atoms with Crippen LogP contribution in [0.2, 0.25) is 0 Å². The Labute approximate surface area is 80.9 Å². The molecule has 0 fully saturated rings. The van der Waals surface area contributed by atoms with E-state index in [9.17, 15) is 13.2 Å². The molecule has 1 aromatic rings. The van der Waals surface area contributed by atoms with Crippen molar-refractivity contribution in [3.8, 4) is 0 Å². The number of rotatable bonds is 3. The Kier molecular flexibility index (Phi) is 3.52. The summed E-state index contributed by atoms with van der Waals surface area (Å²) in [6, 6.07) is 7.12. The van der Waals surface area contributed by atoms with Gasteiger partial charge in [-0.1, -0.05) is 31.2 Å². The van der Waals surface area contributed by atoms with Crippen LogP contribution in [0.5, 0.6) is 0 Å². The summed E-state index contributed by atoms with van der Waals surface area (Å²) >= 11 is 0. The zero-order valence-corrected chi connectivity index (χ0v) is 7.86. The van der Waals surface area contributed by atoms with Gasteiger partial charge in [-0.05, 0) is 17.5 Å². The third-order valence-corrected chi connectivity index (χ3v) is 1.89. The highest BCUT2D eigenvalue weighted by Crippen LogP contribution is 2.12. The molecule has 4 heteroatoms. The summed E-state index contributed by atoms with van der Waals surface area (Å²) in [6.07, 6.45) is -3.47. The van der Waals surface area contributed by atoms with Crippen LogP contribution in [0.15, 0.2) is 24.3 Å². The Balaban J connectivity index is 2.59. The fourth-order valence-electron chi connectivity index (χ4n) is 1.16. The van der Waals surface area contributed by atoms with Crippen molar-refractivity contribution in [2.24, 2.45) is 0 Å². The predicted molar refractivity (Wildman–Crippen MR) is 48.7 cm³/mol. The van der Waals surface area contributed by atoms with E-state index in [1.54, 1.807) is 18.2 Å². The first-order chi connectivity index (χ1) is 6.51. The second-order valence-electron chi connectivity index (χ2n) is 3.02. The summed E-state index contributed by atoms with van der Waals surface area (Å²) in [5, 5.41) is 1.49. The number of alkyl halides is 3. The Bertz CT molecular complexity index is 294. The van der Waals surface area contributed by atoms with Gasteiger partial charge in [0.05, 0.1) is 0 Å². The minimum atomic E-state index is -4.30. The fourth-order valence-corrected chi connectivity index (χ4v) is 1.16. The topological polar surface area (TPSA) is 12.0 Å². The summed E-state index contributed by atoms with van der Waals surface area (Å²) in [7, 11) is 0. The van der Waals surface area contributed by atoms with Crippen LogP contribution in [0, 0.1) is 0 Å². The highest BCUT2D eigenvalue weighted by molar-refractivity contribution is 5.23. The van der Waals surface area contributed by atoms with Gasteiger partial charge in [-0.3, -0.25) is 0 Å². The normalized spacial score (nSPS) is 11.7. The highest BCUT2D eigenvalue weighted by atomic mass is 19.4. The lowest BCUT2D eigenvalue weighted by atomic mass is 10.1. The van der Waals surface area contributed by atoms with Gasteiger partial charge in [0.1, 0.15) is 0 Å². The molecular weight excluding hydrogens is 191 g/mol. The van der Waals surface area contributed by atoms with Crippen LogP contribution in [0.3, 0.4) is 0 Å². The molecule has 1 aromatic carbocycles. The van der Waals surface area contributed by atoms with Gasteiger partial charge in [0.2, 0.25) is 0 Å². The molecule has 0 radical (unpaired) electrons. The fraction of sp³-hybridized carbons (Fsp3) is 0.400. The van der Waals surface area contributed by atoms with Gasteiger partial charge in [0.15, 0.2) is 0 Å². The summed E-state index contributed by atoms with van der Waals surface area (Å²) in [5.74, 6) is 0. The lowest BCUT2D eigenvalue weighted by Crippen LogP contribution is -2.30. The molecule has 0 aliphatic carbocycles. The van der Waals surface area contributed by atoms with E-state index in [-0.39, 0.29) is 6.54 Å². The number of nitrogens with one attached hydrogen (secondary N) is 1. The second kappa shape index (κ2) is 4.46. The molecule has 0 aromatic heterocycles. The lowest BCUT2D eigenvalue weighted by molar-refractivity contribution is -0.158. The molecule has 0 saturated carbocycles. The average molecular weight is 203 g/mol. The van der Waals surface area contributed by atoms with Crippen molar-refractivity contribution in [3.63, 3.8) is 0 Å². The van der Waals surface area contributed by atoms with Gasteiger partial charge in [-0.15, -0.1) is 0 Å². The van der Waals surface area contributed by atoms with Crippen LogP contribution in [-0.4, -0.2) is 6.30 Å². The van der Waals surface area contributed by atoms with E-state index in [0.717, 1.165) is 12.0 Å². The van der Waals surface area contributed by atoms with Crippen LogP contribution in [0.25, 0.3) is 0 Å². The molecule has 0 aliphatic rings. The van der Waals surface area contributed by atoms with Crippen molar-refractivity contribution < 1.29 is 13.2 Å². The van der Waals surface area contributed by atoms with Crippen molar-refractivity contribution >= 4 is 0 Å². The molecule has 1 rings (SSSR count). The van der Waals surface area contributed by atoms with Gasteiger partial charge < -0.3 is 0 Å². The Morgan fingerprint density at radius 2 is 1.86 bits per heavy atom. The molecule has 0 saturated heterocycles. The maximum Gasteiger partial charge on any atom is 0.457 e. The second-order valence-corrected chi connectivity index (χ2v) is 3.02. The van der Waals surface area contributed by atoms with Gasteiger partial charge >= 0.3 is 6.30 Å². The van der Waals surface area contributed by atoms with Crippen molar-refractivity contribution in [1.82, 2.24) is 5.32 Å². The van der Waals surface area contributed by atoms with Crippen molar-refractivity contribution in [2.75, 3.05) is 0 Å². The van der Waals surface area contributed by atoms with E-state index in [0.29, 0.717) is 5.56 Å². The summed E-state index contributed by atoms with van der Waals surface area (Å²) in [6.45, 7) is 1.80. The Hall–Kier alpha value is -1.03. The van der Waals surface area contributed by atoms with Crippen LogP contribution in [-0.2, 0) is 13.0 Å². The summed E-state index contributed by atoms with van der Waals surface area (Å²) < 4.78 is 35.4. The molecule has 14 heavy (non-hydrogen) atoms. The van der Waals surface area contributed by atoms with Crippen molar-refractivity contribution in [1.29, 1.82) is 0 Å². The van der Waals surface area contributed by atoms with Crippen LogP contribution >= 0.6 is 0 Å². The number of halogens is 3. The van der Waals surface area contributed by atoms with Gasteiger partial charge in [0.25, 0.3) is 0 Å². The minimum Gasteiger partial charge on any atom is -0.224 e. The summed E-state index contributed by atoms with van der Waals surface area (Å²) in [4.78, 5) is 0. The van der Waals surface area contributed by atoms with Gasteiger partial charge in [0, 0.05) is 6.54 Å². The monoisotopic (exact) mass is 203 g/mol. The van der Waals surface area contributed by atoms with E-state index in [1.165, 1.54) is 5.32 Å². The first-order valence-electron chi connectivity index (χ1n) is 4.41. The van der Waals surface area contributed by atoms with Gasteiger partial charge in [-0.2, -0.15) is 13.2 Å². The van der Waals surface area contributed by atoms with Crippen LogP contribution in [0.1, 0.15) is 18.1 Å². The van der Waals surface area contributed by atoms with Crippen LogP contribution < -0.4 is 5.32 Å². The van der Waals surface area contributed by atoms with E-state index >= 15 is 0 Å². The molecule has 0 atom stereocenters. The molecular formula is C10H12F3N. The molecule has 0 amide bonds. The van der Waals surface area contributed by atoms with Gasteiger partial charge in [-0.25, -0.2) is 5.32 Å². The van der Waals surface area contributed by atoms with E-state index < -0.39 is 6.30 Å². The molecule has 0 aliphatic heterocycles. The Morgan fingerprint density at radius 1 is 1.21 bits per heavy atom. The molecule has 0 heterocycles. The number of benzene rings is 1. The van der Waals surface area contributed by atoms with Crippen molar-refractivity contribution in [3.05, 3.63) is 35.4 Å². The summed E-state index contributed by atoms with van der Waals surface area (Å²) in [5.41, 5.74) is 1.70. The van der Waals surface area contributed by atoms with Crippen molar-refractivity contribution in [2.45, 2.75) is 26.2 Å². The van der Waals surface area contributed by atoms with Crippen LogP contribution in [0.4, 0.5) is 13.2 Å². The molecule has 1 nitrogen and oxygen atoms in total. The maximum absolute atomic E-state index is 11.8. The lowest BCUT2D eigenvalue weighted by Gasteiger charge is -2.08. The molecule has 78 valence electrons. The quantitative estimate of drug-likeness (QED) is 0.745. The molecule has 0 bridgehead atoms. The predicted octanol–water partition coefficient (Wildman–Crippen LogP) is 2.86. The highest BCUT2D eigenvalue weighted by Gasteiger charge is 2.25. The standard InChI is InChI=1S/C10H12F3N/c1-2-8-4-3-5-9(6-8)7-14-10(11,12)13/h3-6,14H,2,7H2,1H3. The smallest absolute Gasteiger partial charge is 0.224 e. The minimum absolute atomic E-state index is 0.169. The molecule has 1 N–H and O–H groups in total. The Morgan fingerprint density at radius 3 is 2.43 bits per heavy atom. The first kappa shape index (κ1) is 11.0. The molecule has 0 unspecified atom stereocenters. The van der Waals surface area contributed by atoms with E-state index in [4.69, 9.17) is 0 Å². The third kappa shape index (κ3) is 3.79. The van der Waals surface area contributed by atoms with E-state index in [2.05, 4.69) is 0 Å². The molecule has 0 spiro atoms. The zero-order chi connectivity index (χ0) is 10.6. The zero-order valence-electron chi connectivity index (χ0n) is 7.86. The first-order valence-corrected chi connectivity index (χ1v) is 4.41. The number of aryl methyl sites for hydroxylation is 1. The largest absolute Gasteiger partial charge is 0.457 e. The SMILES string of the molecule is CCc1cccc(CNC(F)(F)F)c1. The number of hydrogen-bond acceptors (Lipinski definition) is 1. The third-order valence-electron chi connectivity index (χ3n) is 1.89. The average Bonchev–Trinajstić information content (AvgIpc) is 2.14. The van der Waals surface area contributed by atoms with E-state index in [1.807, 2.05) is 13.0 Å². The number of hydrogen-bond donors (Lipinski definition) is 1. The maximum atomic E-state index is 11.8.